The number of anilines is 1. The number of benzene rings is 1. The van der Waals surface area contributed by atoms with Crippen LogP contribution in [-0.4, -0.2) is 35.2 Å². The van der Waals surface area contributed by atoms with Crippen molar-refractivity contribution in [3.05, 3.63) is 30.3 Å². The Morgan fingerprint density at radius 3 is 2.37 bits per heavy atom. The first kappa shape index (κ1) is 18.5. The van der Waals surface area contributed by atoms with E-state index in [1.165, 1.54) is 0 Å². The lowest BCUT2D eigenvalue weighted by Crippen LogP contribution is -2.59. The number of rotatable bonds is 5. The standard InChI is InChI=1S/C22H29NO4/c1-3-23(18-7-5-4-6-8-18)19(24)15(2)27-20(25)21-10-16-9-17(11-21)13-22(26,12-16)14-21/h4-8,15-17,26H,3,9-14H2,1-2H3/t15-,16-,17+,21?,22?/m0/s1. The molecule has 5 atom stereocenters. The van der Waals surface area contributed by atoms with E-state index in [-0.39, 0.29) is 11.9 Å². The molecule has 0 heterocycles. The molecule has 1 amide bonds. The Bertz CT molecular complexity index is 717. The van der Waals surface area contributed by atoms with Gasteiger partial charge in [-0.05, 0) is 76.3 Å². The fraction of sp³-hybridized carbons (Fsp3) is 0.636. The Labute approximate surface area is 160 Å². The van der Waals surface area contributed by atoms with Crippen LogP contribution in [0, 0.1) is 17.3 Å². The molecule has 146 valence electrons. The van der Waals surface area contributed by atoms with E-state index in [9.17, 15) is 14.7 Å². The number of aliphatic hydroxyl groups is 1. The summed E-state index contributed by atoms with van der Waals surface area (Å²) in [7, 11) is 0. The topological polar surface area (TPSA) is 66.8 Å². The van der Waals surface area contributed by atoms with Crippen molar-refractivity contribution in [3.63, 3.8) is 0 Å². The van der Waals surface area contributed by atoms with Crippen LogP contribution in [0.15, 0.2) is 30.3 Å². The van der Waals surface area contributed by atoms with Crippen LogP contribution in [0.1, 0.15) is 52.4 Å². The Morgan fingerprint density at radius 1 is 1.19 bits per heavy atom. The molecule has 4 bridgehead atoms. The summed E-state index contributed by atoms with van der Waals surface area (Å²) in [4.78, 5) is 27.6. The van der Waals surface area contributed by atoms with Crippen molar-refractivity contribution < 1.29 is 19.4 Å². The number of amides is 1. The Kier molecular flexibility index (Phi) is 4.53. The molecule has 2 unspecified atom stereocenters. The smallest absolute Gasteiger partial charge is 0.312 e. The first-order chi connectivity index (χ1) is 12.8. The molecule has 0 spiro atoms. The molecule has 27 heavy (non-hydrogen) atoms. The van der Waals surface area contributed by atoms with Crippen LogP contribution in [0.5, 0.6) is 0 Å². The number of ether oxygens (including phenoxy) is 1. The summed E-state index contributed by atoms with van der Waals surface area (Å²) in [6, 6.07) is 9.44. The lowest BCUT2D eigenvalue weighted by molar-refractivity contribution is -0.199. The van der Waals surface area contributed by atoms with Gasteiger partial charge in [-0.15, -0.1) is 0 Å². The van der Waals surface area contributed by atoms with Gasteiger partial charge < -0.3 is 14.7 Å². The van der Waals surface area contributed by atoms with Crippen LogP contribution in [0.3, 0.4) is 0 Å². The van der Waals surface area contributed by atoms with Crippen molar-refractivity contribution in [3.8, 4) is 0 Å². The summed E-state index contributed by atoms with van der Waals surface area (Å²) < 4.78 is 5.71. The zero-order chi connectivity index (χ0) is 19.2. The van der Waals surface area contributed by atoms with Crippen LogP contribution >= 0.6 is 0 Å². The minimum atomic E-state index is -0.833. The van der Waals surface area contributed by atoms with E-state index in [1.807, 2.05) is 37.3 Å². The summed E-state index contributed by atoms with van der Waals surface area (Å²) >= 11 is 0. The normalized spacial score (nSPS) is 34.9. The highest BCUT2D eigenvalue weighted by atomic mass is 16.5. The van der Waals surface area contributed by atoms with E-state index >= 15 is 0 Å². The molecule has 0 aromatic heterocycles. The number of esters is 1. The van der Waals surface area contributed by atoms with Gasteiger partial charge >= 0.3 is 5.97 Å². The second-order valence-corrected chi connectivity index (χ2v) is 8.93. The SMILES string of the molecule is CCN(C(=O)[C@H](C)OC(=O)C12C[C@@H]3C[C@@H](CC(O)(C3)C1)C2)c1ccccc1. The van der Waals surface area contributed by atoms with Crippen molar-refractivity contribution in [2.45, 2.75) is 64.1 Å². The van der Waals surface area contributed by atoms with Crippen LogP contribution in [-0.2, 0) is 14.3 Å². The molecule has 4 aliphatic rings. The van der Waals surface area contributed by atoms with E-state index in [2.05, 4.69) is 0 Å². The Morgan fingerprint density at radius 2 is 1.81 bits per heavy atom. The van der Waals surface area contributed by atoms with Crippen LogP contribution < -0.4 is 4.90 Å². The molecule has 1 aromatic carbocycles. The monoisotopic (exact) mass is 371 g/mol. The quantitative estimate of drug-likeness (QED) is 0.807. The third-order valence-corrected chi connectivity index (χ3v) is 6.74. The number of likely N-dealkylation sites (N-methyl/N-ethyl adjacent to an activating group) is 1. The number of carbonyl (C=O) groups is 2. The second-order valence-electron chi connectivity index (χ2n) is 8.93. The van der Waals surface area contributed by atoms with Crippen LogP contribution in [0.25, 0.3) is 0 Å². The number of hydrogen-bond acceptors (Lipinski definition) is 4. The van der Waals surface area contributed by atoms with Crippen molar-refractivity contribution in [1.82, 2.24) is 0 Å². The maximum Gasteiger partial charge on any atom is 0.312 e. The predicted octanol–water partition coefficient (Wildman–Crippen LogP) is 3.30. The lowest BCUT2D eigenvalue weighted by Gasteiger charge is -2.58. The molecular formula is C22H29NO4. The Hall–Kier alpha value is -1.88. The van der Waals surface area contributed by atoms with Gasteiger partial charge in [-0.25, -0.2) is 0 Å². The molecule has 5 nitrogen and oxygen atoms in total. The minimum absolute atomic E-state index is 0.208. The molecule has 0 saturated heterocycles. The summed E-state index contributed by atoms with van der Waals surface area (Å²) in [5.41, 5.74) is -0.510. The van der Waals surface area contributed by atoms with Gasteiger partial charge in [0.15, 0.2) is 6.10 Å². The second kappa shape index (κ2) is 6.62. The maximum atomic E-state index is 13.1. The lowest BCUT2D eigenvalue weighted by atomic mass is 9.48. The van der Waals surface area contributed by atoms with Crippen LogP contribution in [0.2, 0.25) is 0 Å². The summed E-state index contributed by atoms with van der Waals surface area (Å²) in [5.74, 6) is 0.318. The highest BCUT2D eigenvalue weighted by Gasteiger charge is 2.61. The number of para-hydroxylation sites is 1. The molecule has 4 saturated carbocycles. The minimum Gasteiger partial charge on any atom is -0.452 e. The summed E-state index contributed by atoms with van der Waals surface area (Å²) in [6.07, 6.45) is 3.98. The van der Waals surface area contributed by atoms with Gasteiger partial charge in [-0.1, -0.05) is 18.2 Å². The van der Waals surface area contributed by atoms with Gasteiger partial charge in [0, 0.05) is 12.2 Å². The third kappa shape index (κ3) is 3.27. The molecule has 5 rings (SSSR count). The van der Waals surface area contributed by atoms with E-state index in [0.29, 0.717) is 24.8 Å². The van der Waals surface area contributed by atoms with Crippen molar-refractivity contribution >= 4 is 17.6 Å². The van der Waals surface area contributed by atoms with Crippen molar-refractivity contribution in [2.75, 3.05) is 11.4 Å². The maximum absolute atomic E-state index is 13.1. The first-order valence-corrected chi connectivity index (χ1v) is 10.1. The molecular weight excluding hydrogens is 342 g/mol. The van der Waals surface area contributed by atoms with Gasteiger partial charge in [-0.3, -0.25) is 9.59 Å². The van der Waals surface area contributed by atoms with E-state index in [1.54, 1.807) is 11.8 Å². The third-order valence-electron chi connectivity index (χ3n) is 6.74. The average Bonchev–Trinajstić information content (AvgIpc) is 2.61. The van der Waals surface area contributed by atoms with E-state index < -0.39 is 17.1 Å². The highest BCUT2D eigenvalue weighted by Crippen LogP contribution is 2.62. The fourth-order valence-electron chi connectivity index (χ4n) is 6.08. The van der Waals surface area contributed by atoms with Crippen molar-refractivity contribution in [2.24, 2.45) is 17.3 Å². The van der Waals surface area contributed by atoms with Crippen LogP contribution in [0.4, 0.5) is 5.69 Å². The van der Waals surface area contributed by atoms with E-state index in [0.717, 1.165) is 37.8 Å². The molecule has 0 aliphatic heterocycles. The highest BCUT2D eigenvalue weighted by molar-refractivity contribution is 5.97. The van der Waals surface area contributed by atoms with Crippen molar-refractivity contribution in [1.29, 1.82) is 0 Å². The molecule has 5 heteroatoms. The number of carbonyl (C=O) groups excluding carboxylic acids is 2. The largest absolute Gasteiger partial charge is 0.452 e. The van der Waals surface area contributed by atoms with Gasteiger partial charge in [-0.2, -0.15) is 0 Å². The number of hydrogen-bond donors (Lipinski definition) is 1. The van der Waals surface area contributed by atoms with Gasteiger partial charge in [0.05, 0.1) is 11.0 Å². The van der Waals surface area contributed by atoms with Gasteiger partial charge in [0.2, 0.25) is 0 Å². The van der Waals surface area contributed by atoms with Gasteiger partial charge in [0.25, 0.3) is 5.91 Å². The summed E-state index contributed by atoms with van der Waals surface area (Å²) in [6.45, 7) is 4.08. The average molecular weight is 371 g/mol. The zero-order valence-corrected chi connectivity index (χ0v) is 16.2. The van der Waals surface area contributed by atoms with Gasteiger partial charge in [0.1, 0.15) is 0 Å². The molecule has 4 aliphatic carbocycles. The van der Waals surface area contributed by atoms with E-state index in [4.69, 9.17) is 4.74 Å². The zero-order valence-electron chi connectivity index (χ0n) is 16.2. The Balaban J connectivity index is 1.47. The summed E-state index contributed by atoms with van der Waals surface area (Å²) in [5, 5.41) is 10.9. The fourth-order valence-corrected chi connectivity index (χ4v) is 6.08. The molecule has 4 fully saturated rings. The molecule has 1 N–H and O–H groups in total. The molecule has 1 aromatic rings. The first-order valence-electron chi connectivity index (χ1n) is 10.1. The molecule has 0 radical (unpaired) electrons. The number of nitrogens with zero attached hydrogens (tertiary/aromatic N) is 1. The predicted molar refractivity (Wildman–Crippen MR) is 102 cm³/mol.